The van der Waals surface area contributed by atoms with Gasteiger partial charge in [-0.3, -0.25) is 4.79 Å². The Morgan fingerprint density at radius 3 is 2.78 bits per heavy atom. The van der Waals surface area contributed by atoms with E-state index in [-0.39, 0.29) is 24.4 Å². The Labute approximate surface area is 116 Å². The maximum Gasteiger partial charge on any atom is 0.237 e. The molecule has 2 aliphatic rings. The van der Waals surface area contributed by atoms with Gasteiger partial charge in [0.25, 0.3) is 0 Å². The number of nitrogens with one attached hydrogen (secondary N) is 2. The molecule has 1 saturated heterocycles. The van der Waals surface area contributed by atoms with Gasteiger partial charge in [0, 0.05) is 19.8 Å². The Balaban J connectivity index is 0.00000162. The molecule has 1 aliphatic heterocycles. The fourth-order valence-electron chi connectivity index (χ4n) is 2.12. The number of halogens is 1. The van der Waals surface area contributed by atoms with Crippen molar-refractivity contribution < 1.29 is 9.53 Å². The molecule has 18 heavy (non-hydrogen) atoms. The molecule has 0 aromatic heterocycles. The van der Waals surface area contributed by atoms with E-state index in [9.17, 15) is 4.79 Å². The van der Waals surface area contributed by atoms with E-state index in [4.69, 9.17) is 4.74 Å². The molecule has 1 heterocycles. The third-order valence-electron chi connectivity index (χ3n) is 3.44. The highest BCUT2D eigenvalue weighted by Gasteiger charge is 2.21. The van der Waals surface area contributed by atoms with Gasteiger partial charge >= 0.3 is 0 Å². The van der Waals surface area contributed by atoms with E-state index in [0.29, 0.717) is 0 Å². The zero-order valence-corrected chi connectivity index (χ0v) is 11.8. The second-order valence-electron chi connectivity index (χ2n) is 5.17. The van der Waals surface area contributed by atoms with Gasteiger partial charge in [-0.2, -0.15) is 0 Å². The molecule has 2 N–H and O–H groups in total. The largest absolute Gasteiger partial charge is 0.381 e. The molecule has 1 atom stereocenters. The first-order valence-corrected chi connectivity index (χ1v) is 6.95. The third-order valence-corrected chi connectivity index (χ3v) is 3.44. The first-order valence-electron chi connectivity index (χ1n) is 6.95. The first-order chi connectivity index (χ1) is 8.36. The summed E-state index contributed by atoms with van der Waals surface area (Å²) in [5, 5.41) is 6.23. The van der Waals surface area contributed by atoms with E-state index in [2.05, 4.69) is 10.6 Å². The topological polar surface area (TPSA) is 50.4 Å². The summed E-state index contributed by atoms with van der Waals surface area (Å²) in [5.74, 6) is 0.989. The van der Waals surface area contributed by atoms with Crippen molar-refractivity contribution in [2.75, 3.05) is 26.3 Å². The fraction of sp³-hybridized carbons (Fsp3) is 0.923. The molecule has 1 saturated carbocycles. The van der Waals surface area contributed by atoms with Crippen LogP contribution in [0.5, 0.6) is 0 Å². The lowest BCUT2D eigenvalue weighted by molar-refractivity contribution is -0.123. The molecular formula is C13H25ClN2O2. The van der Waals surface area contributed by atoms with Crippen LogP contribution in [0.4, 0.5) is 0 Å². The fourth-order valence-corrected chi connectivity index (χ4v) is 2.12. The summed E-state index contributed by atoms with van der Waals surface area (Å²) in [7, 11) is 0. The minimum absolute atomic E-state index is 0. The van der Waals surface area contributed by atoms with Crippen molar-refractivity contribution in [3.63, 3.8) is 0 Å². The monoisotopic (exact) mass is 276 g/mol. The molecule has 4 nitrogen and oxygen atoms in total. The molecule has 0 bridgehead atoms. The molecule has 2 fully saturated rings. The number of hydrogen-bond acceptors (Lipinski definition) is 3. The molecular weight excluding hydrogens is 252 g/mol. The van der Waals surface area contributed by atoms with Crippen LogP contribution < -0.4 is 10.6 Å². The van der Waals surface area contributed by atoms with Crippen LogP contribution in [0.1, 0.15) is 38.5 Å². The molecule has 0 radical (unpaired) electrons. The summed E-state index contributed by atoms with van der Waals surface area (Å²) in [5.41, 5.74) is 0. The van der Waals surface area contributed by atoms with Crippen LogP contribution in [0, 0.1) is 5.92 Å². The number of carbonyl (C=O) groups excluding carboxylic acids is 1. The summed E-state index contributed by atoms with van der Waals surface area (Å²) in [6.45, 7) is 3.40. The van der Waals surface area contributed by atoms with E-state index >= 15 is 0 Å². The summed E-state index contributed by atoms with van der Waals surface area (Å²) in [6.07, 6.45) is 6.93. The van der Waals surface area contributed by atoms with Crippen LogP contribution >= 0.6 is 12.4 Å². The molecule has 1 unspecified atom stereocenters. The SMILES string of the molecule is Cl.O=C(NCCCOCC1CC1)C1CCCCN1. The molecule has 106 valence electrons. The van der Waals surface area contributed by atoms with Crippen molar-refractivity contribution in [1.82, 2.24) is 10.6 Å². The van der Waals surface area contributed by atoms with Crippen LogP contribution in [0.3, 0.4) is 0 Å². The predicted octanol–water partition coefficient (Wildman–Crippen LogP) is 1.48. The molecule has 0 aromatic rings. The maximum absolute atomic E-state index is 11.7. The van der Waals surface area contributed by atoms with E-state index in [1.807, 2.05) is 0 Å². The van der Waals surface area contributed by atoms with Gasteiger partial charge in [0.05, 0.1) is 6.04 Å². The van der Waals surface area contributed by atoms with Gasteiger partial charge in [0.2, 0.25) is 5.91 Å². The zero-order valence-electron chi connectivity index (χ0n) is 11.0. The average molecular weight is 277 g/mol. The maximum atomic E-state index is 11.7. The van der Waals surface area contributed by atoms with E-state index in [1.165, 1.54) is 19.3 Å². The van der Waals surface area contributed by atoms with Gasteiger partial charge in [-0.25, -0.2) is 0 Å². The van der Waals surface area contributed by atoms with Crippen molar-refractivity contribution in [1.29, 1.82) is 0 Å². The quantitative estimate of drug-likeness (QED) is 0.693. The first kappa shape index (κ1) is 15.7. The summed E-state index contributed by atoms with van der Waals surface area (Å²) < 4.78 is 5.52. The summed E-state index contributed by atoms with van der Waals surface area (Å²) in [6, 6.07) is 0.0381. The molecule has 0 aromatic carbocycles. The van der Waals surface area contributed by atoms with Crippen LogP contribution in [0.25, 0.3) is 0 Å². The highest BCUT2D eigenvalue weighted by Crippen LogP contribution is 2.28. The smallest absolute Gasteiger partial charge is 0.237 e. The second-order valence-corrected chi connectivity index (χ2v) is 5.17. The van der Waals surface area contributed by atoms with Crippen LogP contribution in [-0.4, -0.2) is 38.3 Å². The normalized spacial score (nSPS) is 23.2. The van der Waals surface area contributed by atoms with Crippen molar-refractivity contribution in [3.05, 3.63) is 0 Å². The molecule has 0 spiro atoms. The number of rotatable bonds is 7. The van der Waals surface area contributed by atoms with E-state index in [0.717, 1.165) is 51.5 Å². The number of piperidine rings is 1. The van der Waals surface area contributed by atoms with E-state index < -0.39 is 0 Å². The number of amides is 1. The molecule has 1 aliphatic carbocycles. The Morgan fingerprint density at radius 2 is 2.11 bits per heavy atom. The van der Waals surface area contributed by atoms with Crippen molar-refractivity contribution in [2.24, 2.45) is 5.92 Å². The Kier molecular flexibility index (Phi) is 7.63. The summed E-state index contributed by atoms with van der Waals surface area (Å²) >= 11 is 0. The average Bonchev–Trinajstić information content (AvgIpc) is 3.18. The van der Waals surface area contributed by atoms with Crippen LogP contribution in [0.2, 0.25) is 0 Å². The number of carbonyl (C=O) groups is 1. The Hall–Kier alpha value is -0.320. The third kappa shape index (κ3) is 6.03. The molecule has 1 amide bonds. The van der Waals surface area contributed by atoms with Crippen molar-refractivity contribution in [3.8, 4) is 0 Å². The van der Waals surface area contributed by atoms with Gasteiger partial charge in [0.15, 0.2) is 0 Å². The van der Waals surface area contributed by atoms with Gasteiger partial charge in [0.1, 0.15) is 0 Å². The van der Waals surface area contributed by atoms with Gasteiger partial charge in [-0.05, 0) is 44.6 Å². The molecule has 2 rings (SSSR count). The highest BCUT2D eigenvalue weighted by molar-refractivity contribution is 5.85. The lowest BCUT2D eigenvalue weighted by Crippen LogP contribution is -2.46. The van der Waals surface area contributed by atoms with E-state index in [1.54, 1.807) is 0 Å². The Bertz CT molecular complexity index is 241. The lowest BCUT2D eigenvalue weighted by Gasteiger charge is -2.22. The highest BCUT2D eigenvalue weighted by atomic mass is 35.5. The van der Waals surface area contributed by atoms with Gasteiger partial charge in [-0.15, -0.1) is 12.4 Å². The van der Waals surface area contributed by atoms with Gasteiger partial charge in [-0.1, -0.05) is 6.42 Å². The number of hydrogen-bond donors (Lipinski definition) is 2. The standard InChI is InChI=1S/C13H24N2O2.ClH/c16-13(12-4-1-2-7-14-12)15-8-3-9-17-10-11-5-6-11;/h11-12,14H,1-10H2,(H,15,16);1H. The summed E-state index contributed by atoms with van der Waals surface area (Å²) in [4.78, 5) is 11.7. The minimum atomic E-state index is 0. The Morgan fingerprint density at radius 1 is 1.28 bits per heavy atom. The van der Waals surface area contributed by atoms with Crippen LogP contribution in [-0.2, 0) is 9.53 Å². The second kappa shape index (κ2) is 8.73. The van der Waals surface area contributed by atoms with Crippen molar-refractivity contribution >= 4 is 18.3 Å². The minimum Gasteiger partial charge on any atom is -0.381 e. The molecule has 5 heteroatoms. The lowest BCUT2D eigenvalue weighted by atomic mass is 10.0. The predicted molar refractivity (Wildman–Crippen MR) is 74.1 cm³/mol. The van der Waals surface area contributed by atoms with Crippen molar-refractivity contribution in [2.45, 2.75) is 44.6 Å². The zero-order chi connectivity index (χ0) is 11.9. The van der Waals surface area contributed by atoms with Crippen LogP contribution in [0.15, 0.2) is 0 Å². The van der Waals surface area contributed by atoms with Gasteiger partial charge < -0.3 is 15.4 Å². The number of ether oxygens (including phenoxy) is 1.